The van der Waals surface area contributed by atoms with Crippen LogP contribution in [0.3, 0.4) is 0 Å². The Morgan fingerprint density at radius 1 is 1.29 bits per heavy atom. The Balaban J connectivity index is 1.70. The zero-order valence-electron chi connectivity index (χ0n) is 12.6. The summed E-state index contributed by atoms with van der Waals surface area (Å²) in [6.45, 7) is 4.76. The predicted octanol–water partition coefficient (Wildman–Crippen LogP) is 1.96. The molecule has 2 amide bonds. The number of carbonyl (C=O) groups is 1. The van der Waals surface area contributed by atoms with Crippen LogP contribution in [0.5, 0.6) is 0 Å². The molecule has 2 aliphatic rings. The number of para-hydroxylation sites is 1. The molecule has 5 heteroatoms. The van der Waals surface area contributed by atoms with Gasteiger partial charge in [-0.05, 0) is 31.4 Å². The van der Waals surface area contributed by atoms with Crippen LogP contribution in [0.4, 0.5) is 10.5 Å². The average molecular weight is 288 g/mol. The lowest BCUT2D eigenvalue weighted by atomic mass is 10.2. The highest BCUT2D eigenvalue weighted by Crippen LogP contribution is 2.25. The van der Waals surface area contributed by atoms with Crippen molar-refractivity contribution in [2.75, 3.05) is 24.5 Å². The fourth-order valence-corrected chi connectivity index (χ4v) is 3.31. The van der Waals surface area contributed by atoms with E-state index in [4.69, 9.17) is 0 Å². The number of fused-ring (bicyclic) bond motifs is 2. The topological polar surface area (TPSA) is 47.6 Å². The van der Waals surface area contributed by atoms with Crippen LogP contribution in [0.1, 0.15) is 26.2 Å². The molecule has 2 heterocycles. The molecule has 0 aliphatic carbocycles. The lowest BCUT2D eigenvalue weighted by molar-refractivity contribution is 0.103. The third kappa shape index (κ3) is 3.04. The van der Waals surface area contributed by atoms with Crippen LogP contribution in [0, 0.1) is 0 Å². The third-order valence-corrected chi connectivity index (χ3v) is 4.36. The molecule has 21 heavy (non-hydrogen) atoms. The quantitative estimate of drug-likeness (QED) is 0.890. The van der Waals surface area contributed by atoms with E-state index in [1.807, 2.05) is 35.2 Å². The second kappa shape index (κ2) is 6.45. The van der Waals surface area contributed by atoms with E-state index < -0.39 is 0 Å². The van der Waals surface area contributed by atoms with Gasteiger partial charge in [-0.25, -0.2) is 9.80 Å². The molecule has 0 radical (unpaired) electrons. The van der Waals surface area contributed by atoms with Crippen molar-refractivity contribution in [3.05, 3.63) is 30.3 Å². The molecule has 114 valence electrons. The molecule has 0 spiro atoms. The minimum atomic E-state index is -0.0122. The van der Waals surface area contributed by atoms with Crippen molar-refractivity contribution in [3.8, 4) is 0 Å². The molecule has 2 saturated heterocycles. The highest BCUT2D eigenvalue weighted by molar-refractivity contribution is 5.91. The number of anilines is 1. The van der Waals surface area contributed by atoms with Crippen molar-refractivity contribution in [3.63, 3.8) is 0 Å². The predicted molar refractivity (Wildman–Crippen MR) is 84.1 cm³/mol. The summed E-state index contributed by atoms with van der Waals surface area (Å²) in [6, 6.07) is 10.8. The van der Waals surface area contributed by atoms with Crippen LogP contribution < -0.4 is 15.6 Å². The molecule has 2 N–H and O–H groups in total. The van der Waals surface area contributed by atoms with Gasteiger partial charge in [-0.2, -0.15) is 0 Å². The van der Waals surface area contributed by atoms with E-state index in [0.29, 0.717) is 12.1 Å². The van der Waals surface area contributed by atoms with Crippen LogP contribution in [0.2, 0.25) is 0 Å². The number of amides is 2. The normalized spacial score (nSPS) is 24.8. The first kappa shape index (κ1) is 14.4. The van der Waals surface area contributed by atoms with Gasteiger partial charge in [0.15, 0.2) is 0 Å². The lowest BCUT2D eigenvalue weighted by Crippen LogP contribution is -2.61. The number of hydrazine groups is 1. The van der Waals surface area contributed by atoms with Crippen molar-refractivity contribution in [2.24, 2.45) is 0 Å². The Kier molecular flexibility index (Phi) is 4.41. The fourth-order valence-electron chi connectivity index (χ4n) is 3.31. The van der Waals surface area contributed by atoms with Gasteiger partial charge in [0, 0.05) is 37.4 Å². The van der Waals surface area contributed by atoms with E-state index >= 15 is 0 Å². The highest BCUT2D eigenvalue weighted by atomic mass is 16.2. The number of hydrogen-bond donors (Lipinski definition) is 2. The standard InChI is InChI=1S/C16H24N4O/c1-2-10-19(13-6-4-3-5-7-13)16(21)18-20-14-8-9-15(20)12-17-11-14/h3-7,14-15,17H,2,8-12H2,1H3,(H,18,21). The first-order valence-corrected chi connectivity index (χ1v) is 7.92. The first-order chi connectivity index (χ1) is 10.3. The number of hydrogen-bond acceptors (Lipinski definition) is 3. The Bertz CT molecular complexity index is 462. The maximum atomic E-state index is 12.7. The lowest BCUT2D eigenvalue weighted by Gasteiger charge is -2.36. The molecule has 1 aromatic carbocycles. The van der Waals surface area contributed by atoms with Crippen LogP contribution in [-0.4, -0.2) is 42.8 Å². The smallest absolute Gasteiger partial charge is 0.313 e. The molecule has 2 aliphatic heterocycles. The fraction of sp³-hybridized carbons (Fsp3) is 0.562. The van der Waals surface area contributed by atoms with E-state index in [2.05, 4.69) is 22.7 Å². The number of nitrogens with one attached hydrogen (secondary N) is 2. The van der Waals surface area contributed by atoms with E-state index in [1.54, 1.807) is 0 Å². The summed E-state index contributed by atoms with van der Waals surface area (Å²) in [5.74, 6) is 0. The third-order valence-electron chi connectivity index (χ3n) is 4.36. The zero-order chi connectivity index (χ0) is 14.7. The summed E-state index contributed by atoms with van der Waals surface area (Å²) in [6.07, 6.45) is 3.27. The van der Waals surface area contributed by atoms with Crippen molar-refractivity contribution in [2.45, 2.75) is 38.3 Å². The van der Waals surface area contributed by atoms with Gasteiger partial charge in [-0.3, -0.25) is 10.3 Å². The molecule has 5 nitrogen and oxygen atoms in total. The molecular formula is C16H24N4O. The van der Waals surface area contributed by atoms with Crippen LogP contribution in [0.15, 0.2) is 30.3 Å². The van der Waals surface area contributed by atoms with Crippen molar-refractivity contribution >= 4 is 11.7 Å². The van der Waals surface area contributed by atoms with Gasteiger partial charge < -0.3 is 5.32 Å². The molecule has 1 aromatic rings. The van der Waals surface area contributed by atoms with E-state index in [-0.39, 0.29) is 6.03 Å². The molecule has 2 unspecified atom stereocenters. The minimum absolute atomic E-state index is 0.0122. The van der Waals surface area contributed by atoms with Crippen LogP contribution in [-0.2, 0) is 0 Å². The van der Waals surface area contributed by atoms with Gasteiger partial charge in [0.25, 0.3) is 0 Å². The maximum Gasteiger partial charge on any atom is 0.336 e. The van der Waals surface area contributed by atoms with Crippen LogP contribution >= 0.6 is 0 Å². The number of piperazine rings is 1. The van der Waals surface area contributed by atoms with E-state index in [1.165, 1.54) is 0 Å². The Hall–Kier alpha value is -1.59. The minimum Gasteiger partial charge on any atom is -0.313 e. The molecule has 0 aromatic heterocycles. The van der Waals surface area contributed by atoms with Gasteiger partial charge >= 0.3 is 6.03 Å². The summed E-state index contributed by atoms with van der Waals surface area (Å²) >= 11 is 0. The monoisotopic (exact) mass is 288 g/mol. The number of rotatable bonds is 4. The van der Waals surface area contributed by atoms with E-state index in [0.717, 1.165) is 44.6 Å². The summed E-state index contributed by atoms with van der Waals surface area (Å²) in [7, 11) is 0. The number of benzene rings is 1. The molecular weight excluding hydrogens is 264 g/mol. The summed E-state index contributed by atoms with van der Waals surface area (Å²) < 4.78 is 0. The Morgan fingerprint density at radius 2 is 1.95 bits per heavy atom. The zero-order valence-corrected chi connectivity index (χ0v) is 12.6. The highest BCUT2D eigenvalue weighted by Gasteiger charge is 2.38. The van der Waals surface area contributed by atoms with Gasteiger partial charge in [0.2, 0.25) is 0 Å². The summed E-state index contributed by atoms with van der Waals surface area (Å²) in [5, 5.41) is 5.60. The SMILES string of the molecule is CCCN(C(=O)NN1C2CCC1CNC2)c1ccccc1. The van der Waals surface area contributed by atoms with Crippen molar-refractivity contribution in [1.29, 1.82) is 0 Å². The molecule has 0 saturated carbocycles. The maximum absolute atomic E-state index is 12.7. The van der Waals surface area contributed by atoms with Crippen molar-refractivity contribution < 1.29 is 4.79 Å². The molecule has 2 bridgehead atoms. The van der Waals surface area contributed by atoms with Gasteiger partial charge in [0.1, 0.15) is 0 Å². The second-order valence-corrected chi connectivity index (χ2v) is 5.85. The number of urea groups is 1. The Morgan fingerprint density at radius 3 is 2.57 bits per heavy atom. The van der Waals surface area contributed by atoms with Gasteiger partial charge in [-0.15, -0.1) is 0 Å². The van der Waals surface area contributed by atoms with Crippen molar-refractivity contribution in [1.82, 2.24) is 15.8 Å². The average Bonchev–Trinajstić information content (AvgIpc) is 2.74. The largest absolute Gasteiger partial charge is 0.336 e. The van der Waals surface area contributed by atoms with Crippen LogP contribution in [0.25, 0.3) is 0 Å². The summed E-state index contributed by atoms with van der Waals surface area (Å²) in [4.78, 5) is 14.5. The summed E-state index contributed by atoms with van der Waals surface area (Å²) in [5.41, 5.74) is 4.10. The number of nitrogens with zero attached hydrogens (tertiary/aromatic N) is 2. The molecule has 2 fully saturated rings. The molecule has 3 rings (SSSR count). The second-order valence-electron chi connectivity index (χ2n) is 5.85. The van der Waals surface area contributed by atoms with E-state index in [9.17, 15) is 4.79 Å². The number of carbonyl (C=O) groups excluding carboxylic acids is 1. The van der Waals surface area contributed by atoms with Gasteiger partial charge in [0.05, 0.1) is 0 Å². The molecule has 2 atom stereocenters. The first-order valence-electron chi connectivity index (χ1n) is 7.92. The van der Waals surface area contributed by atoms with Gasteiger partial charge in [-0.1, -0.05) is 25.1 Å². The Labute approximate surface area is 126 Å².